The van der Waals surface area contributed by atoms with Gasteiger partial charge in [-0.3, -0.25) is 19.7 Å². The van der Waals surface area contributed by atoms with Crippen LogP contribution in [0.15, 0.2) is 36.4 Å². The molecule has 0 spiro atoms. The van der Waals surface area contributed by atoms with E-state index in [1.165, 1.54) is 12.0 Å². The highest BCUT2D eigenvalue weighted by Gasteiger charge is 2.69. The third kappa shape index (κ3) is 3.94. The van der Waals surface area contributed by atoms with Crippen molar-refractivity contribution < 1.29 is 38.1 Å². The number of carbonyl (C=O) groups is 3. The zero-order chi connectivity index (χ0) is 27.0. The number of hydrogen-bond donors (Lipinski definition) is 1. The predicted octanol–water partition coefficient (Wildman–Crippen LogP) is 3.03. The van der Waals surface area contributed by atoms with Crippen molar-refractivity contribution in [2.45, 2.75) is 38.3 Å². The summed E-state index contributed by atoms with van der Waals surface area (Å²) in [5, 5.41) is 3.39. The minimum absolute atomic E-state index is 0.147. The van der Waals surface area contributed by atoms with Gasteiger partial charge >= 0.3 is 5.97 Å². The zero-order valence-electron chi connectivity index (χ0n) is 21.9. The lowest BCUT2D eigenvalue weighted by atomic mass is 9.77. The number of carbonyl (C=O) groups excluding carboxylic acids is 3. The van der Waals surface area contributed by atoms with Crippen LogP contribution in [0, 0.1) is 11.8 Å². The quantitative estimate of drug-likeness (QED) is 0.411. The molecule has 2 amide bonds. The fourth-order valence-corrected chi connectivity index (χ4v) is 5.94. The van der Waals surface area contributed by atoms with Gasteiger partial charge in [-0.25, -0.2) is 4.90 Å². The van der Waals surface area contributed by atoms with Crippen molar-refractivity contribution in [3.05, 3.63) is 42.0 Å². The molecule has 0 aromatic heterocycles. The standard InChI is InChI=1S/C28H32N2O8/c1-5-11-28(27(33)36-6-2)23-22(24(29-28)18-9-8-17(34-3)15-20(18)35-4)25(31)30(26(23)32)16-7-10-19-21(14-16)38-13-12-37-19/h7-10,14-15,22-24,29H,5-6,11-13H2,1-4H3/t22-,23-,24-,28+/m1/s1. The highest BCUT2D eigenvalue weighted by Crippen LogP contribution is 2.53. The van der Waals surface area contributed by atoms with Gasteiger partial charge in [0.05, 0.1) is 38.3 Å². The molecule has 2 fully saturated rings. The van der Waals surface area contributed by atoms with Gasteiger partial charge in [0, 0.05) is 23.7 Å². The number of fused-ring (bicyclic) bond motifs is 2. The number of nitrogens with one attached hydrogen (secondary N) is 1. The number of methoxy groups -OCH3 is 2. The maximum Gasteiger partial charge on any atom is 0.327 e. The van der Waals surface area contributed by atoms with Crippen LogP contribution < -0.4 is 29.2 Å². The van der Waals surface area contributed by atoms with Crippen molar-refractivity contribution in [3.63, 3.8) is 0 Å². The minimum atomic E-state index is -1.39. The van der Waals surface area contributed by atoms with Crippen LogP contribution in [0.1, 0.15) is 38.3 Å². The third-order valence-corrected chi connectivity index (χ3v) is 7.50. The average Bonchev–Trinajstić information content (AvgIpc) is 3.41. The molecular formula is C28H32N2O8. The Morgan fingerprint density at radius 3 is 2.47 bits per heavy atom. The molecule has 0 radical (unpaired) electrons. The number of anilines is 1. The molecule has 0 bridgehead atoms. The maximum absolute atomic E-state index is 14.1. The Labute approximate surface area is 221 Å². The van der Waals surface area contributed by atoms with E-state index in [0.717, 1.165) is 0 Å². The maximum atomic E-state index is 14.1. The molecule has 2 aromatic rings. The predicted molar refractivity (Wildman–Crippen MR) is 137 cm³/mol. The summed E-state index contributed by atoms with van der Waals surface area (Å²) in [7, 11) is 3.08. The minimum Gasteiger partial charge on any atom is -0.497 e. The van der Waals surface area contributed by atoms with Crippen molar-refractivity contribution in [1.29, 1.82) is 0 Å². The van der Waals surface area contributed by atoms with Crippen LogP contribution in [0.3, 0.4) is 0 Å². The molecule has 2 saturated heterocycles. The third-order valence-electron chi connectivity index (χ3n) is 7.50. The summed E-state index contributed by atoms with van der Waals surface area (Å²) in [6.45, 7) is 4.59. The number of rotatable bonds is 8. The number of esters is 1. The zero-order valence-corrected chi connectivity index (χ0v) is 21.9. The lowest BCUT2D eigenvalue weighted by Crippen LogP contribution is -2.56. The van der Waals surface area contributed by atoms with Crippen LogP contribution in [-0.4, -0.2) is 57.4 Å². The van der Waals surface area contributed by atoms with Crippen LogP contribution in [-0.2, 0) is 19.1 Å². The summed E-state index contributed by atoms with van der Waals surface area (Å²) >= 11 is 0. The van der Waals surface area contributed by atoms with E-state index in [4.69, 9.17) is 23.7 Å². The molecule has 0 unspecified atom stereocenters. The molecule has 3 aliphatic heterocycles. The van der Waals surface area contributed by atoms with E-state index in [2.05, 4.69) is 5.32 Å². The molecular weight excluding hydrogens is 492 g/mol. The van der Waals surface area contributed by atoms with Gasteiger partial charge in [-0.15, -0.1) is 0 Å². The Bertz CT molecular complexity index is 1260. The van der Waals surface area contributed by atoms with Crippen molar-refractivity contribution in [2.24, 2.45) is 11.8 Å². The van der Waals surface area contributed by atoms with Gasteiger partial charge in [0.25, 0.3) is 0 Å². The summed E-state index contributed by atoms with van der Waals surface area (Å²) in [6.07, 6.45) is 0.906. The smallest absolute Gasteiger partial charge is 0.327 e. The summed E-state index contributed by atoms with van der Waals surface area (Å²) in [6, 6.07) is 9.57. The van der Waals surface area contributed by atoms with Gasteiger partial charge in [0.1, 0.15) is 30.3 Å². The summed E-state index contributed by atoms with van der Waals surface area (Å²) < 4.78 is 27.8. The van der Waals surface area contributed by atoms with E-state index in [9.17, 15) is 14.4 Å². The average molecular weight is 525 g/mol. The van der Waals surface area contributed by atoms with E-state index in [1.54, 1.807) is 50.4 Å². The second-order valence-electron chi connectivity index (χ2n) is 9.52. The van der Waals surface area contributed by atoms with Crippen molar-refractivity contribution in [2.75, 3.05) is 38.9 Å². The Morgan fingerprint density at radius 2 is 1.79 bits per heavy atom. The van der Waals surface area contributed by atoms with Crippen LogP contribution in [0.4, 0.5) is 5.69 Å². The lowest BCUT2D eigenvalue weighted by molar-refractivity contribution is -0.155. The number of nitrogens with zero attached hydrogens (tertiary/aromatic N) is 1. The topological polar surface area (TPSA) is 113 Å². The molecule has 10 nitrogen and oxygen atoms in total. The Hall–Kier alpha value is -3.79. The van der Waals surface area contributed by atoms with E-state index in [0.29, 0.717) is 60.3 Å². The van der Waals surface area contributed by atoms with E-state index in [1.807, 2.05) is 6.92 Å². The number of benzene rings is 2. The first-order valence-corrected chi connectivity index (χ1v) is 12.8. The normalized spacial score (nSPS) is 25.8. The molecule has 3 aliphatic rings. The molecule has 0 saturated carbocycles. The molecule has 0 aliphatic carbocycles. The first kappa shape index (κ1) is 25.8. The van der Waals surface area contributed by atoms with Crippen LogP contribution in [0.25, 0.3) is 0 Å². The summed E-state index contributed by atoms with van der Waals surface area (Å²) in [4.78, 5) is 43.0. The largest absolute Gasteiger partial charge is 0.497 e. The van der Waals surface area contributed by atoms with Gasteiger partial charge in [-0.05, 0) is 31.5 Å². The van der Waals surface area contributed by atoms with E-state index in [-0.39, 0.29) is 6.61 Å². The fourth-order valence-electron chi connectivity index (χ4n) is 5.94. The first-order chi connectivity index (χ1) is 18.4. The molecule has 10 heteroatoms. The second-order valence-corrected chi connectivity index (χ2v) is 9.52. The summed E-state index contributed by atoms with van der Waals surface area (Å²) in [5.74, 6) is -1.18. The summed E-state index contributed by atoms with van der Waals surface area (Å²) in [5.41, 5.74) is -0.371. The van der Waals surface area contributed by atoms with Crippen LogP contribution in [0.2, 0.25) is 0 Å². The van der Waals surface area contributed by atoms with Crippen molar-refractivity contribution >= 4 is 23.5 Å². The van der Waals surface area contributed by atoms with Crippen molar-refractivity contribution in [3.8, 4) is 23.0 Å². The molecule has 202 valence electrons. The Morgan fingerprint density at radius 1 is 1.03 bits per heavy atom. The molecule has 4 atom stereocenters. The van der Waals surface area contributed by atoms with Crippen LogP contribution >= 0.6 is 0 Å². The molecule has 1 N–H and O–H groups in total. The van der Waals surface area contributed by atoms with Crippen molar-refractivity contribution in [1.82, 2.24) is 5.32 Å². The van der Waals surface area contributed by atoms with E-state index >= 15 is 0 Å². The number of imide groups is 1. The Balaban J connectivity index is 1.64. The highest BCUT2D eigenvalue weighted by atomic mass is 16.6. The number of hydrogen-bond acceptors (Lipinski definition) is 9. The number of amides is 2. The van der Waals surface area contributed by atoms with Crippen LogP contribution in [0.5, 0.6) is 23.0 Å². The second kappa shape index (κ2) is 10.2. The van der Waals surface area contributed by atoms with Gasteiger partial charge in [-0.2, -0.15) is 0 Å². The molecule has 38 heavy (non-hydrogen) atoms. The Kier molecular flexibility index (Phi) is 6.92. The SMILES string of the molecule is CCC[C@]1(C(=O)OCC)N[C@H](c2ccc(OC)cc2OC)[C@@H]2C(=O)N(c3ccc4c(c3)OCCO4)C(=O)[C@@H]21. The molecule has 2 aromatic carbocycles. The van der Waals surface area contributed by atoms with E-state index < -0.39 is 41.2 Å². The van der Waals surface area contributed by atoms with Gasteiger partial charge in [0.15, 0.2) is 11.5 Å². The molecule has 5 rings (SSSR count). The highest BCUT2D eigenvalue weighted by molar-refractivity contribution is 6.24. The molecule has 3 heterocycles. The first-order valence-electron chi connectivity index (χ1n) is 12.8. The van der Waals surface area contributed by atoms with Gasteiger partial charge in [0.2, 0.25) is 11.8 Å². The van der Waals surface area contributed by atoms with Gasteiger partial charge in [-0.1, -0.05) is 19.4 Å². The van der Waals surface area contributed by atoms with Gasteiger partial charge < -0.3 is 23.7 Å². The number of ether oxygens (including phenoxy) is 5. The monoisotopic (exact) mass is 524 g/mol. The fraction of sp³-hybridized carbons (Fsp3) is 0.464. The lowest BCUT2D eigenvalue weighted by Gasteiger charge is -2.33.